The zero-order valence-corrected chi connectivity index (χ0v) is 13.7. The number of hydrogen-bond acceptors (Lipinski definition) is 4. The van der Waals surface area contributed by atoms with Crippen molar-refractivity contribution in [1.82, 2.24) is 14.7 Å². The molecule has 1 N–H and O–H groups in total. The Balaban J connectivity index is 1.65. The van der Waals surface area contributed by atoms with E-state index in [9.17, 15) is 9.59 Å². The number of rotatable bonds is 4. The monoisotopic (exact) mass is 341 g/mol. The summed E-state index contributed by atoms with van der Waals surface area (Å²) in [5, 5.41) is 13.6. The molecule has 1 aliphatic carbocycles. The Hall–Kier alpha value is -2.67. The number of ether oxygens (including phenoxy) is 1. The van der Waals surface area contributed by atoms with Gasteiger partial charge in [-0.25, -0.2) is 9.48 Å². The molecule has 2 aromatic rings. The number of carbonyl (C=O) groups excluding carboxylic acids is 1. The molecule has 0 unspecified atom stereocenters. The molecule has 1 aliphatic heterocycles. The number of aliphatic carboxylic acids is 1. The van der Waals surface area contributed by atoms with Crippen LogP contribution in [0.25, 0.3) is 5.69 Å². The van der Waals surface area contributed by atoms with E-state index < -0.39 is 12.1 Å². The second-order valence-corrected chi connectivity index (χ2v) is 6.41. The summed E-state index contributed by atoms with van der Waals surface area (Å²) < 4.78 is 7.04. The highest BCUT2D eigenvalue weighted by molar-refractivity contribution is 5.96. The molecule has 2 aliphatic rings. The minimum Gasteiger partial charge on any atom is -0.479 e. The molecule has 0 radical (unpaired) electrons. The van der Waals surface area contributed by atoms with Crippen molar-refractivity contribution in [1.29, 1.82) is 0 Å². The molecule has 4 rings (SSSR count). The summed E-state index contributed by atoms with van der Waals surface area (Å²) in [4.78, 5) is 25.7. The molecule has 1 amide bonds. The van der Waals surface area contributed by atoms with E-state index in [0.29, 0.717) is 18.0 Å². The molecule has 1 atom stereocenters. The predicted octanol–water partition coefficient (Wildman–Crippen LogP) is 1.68. The molecule has 1 saturated carbocycles. The number of para-hydroxylation sites is 1. The van der Waals surface area contributed by atoms with Gasteiger partial charge in [0, 0.05) is 12.5 Å². The maximum atomic E-state index is 13.0. The van der Waals surface area contributed by atoms with E-state index in [2.05, 4.69) is 5.10 Å². The quantitative estimate of drug-likeness (QED) is 0.914. The van der Waals surface area contributed by atoms with E-state index in [1.165, 1.54) is 0 Å². The zero-order chi connectivity index (χ0) is 17.4. The average Bonchev–Trinajstić information content (AvgIpc) is 3.40. The van der Waals surface area contributed by atoms with Gasteiger partial charge in [-0.05, 0) is 25.0 Å². The van der Waals surface area contributed by atoms with E-state index in [1.807, 2.05) is 35.0 Å². The number of aromatic nitrogens is 2. The second kappa shape index (κ2) is 6.33. The summed E-state index contributed by atoms with van der Waals surface area (Å²) in [7, 11) is 0. The Kier molecular flexibility index (Phi) is 4.01. The van der Waals surface area contributed by atoms with Crippen molar-refractivity contribution >= 4 is 11.9 Å². The number of morpholine rings is 1. The molecule has 130 valence electrons. The first-order valence-corrected chi connectivity index (χ1v) is 8.42. The third kappa shape index (κ3) is 3.02. The van der Waals surface area contributed by atoms with Gasteiger partial charge in [-0.2, -0.15) is 5.10 Å². The fourth-order valence-corrected chi connectivity index (χ4v) is 3.20. The lowest BCUT2D eigenvalue weighted by molar-refractivity contribution is -0.154. The molecule has 1 aromatic heterocycles. The van der Waals surface area contributed by atoms with Crippen LogP contribution in [0.4, 0.5) is 0 Å². The maximum absolute atomic E-state index is 13.0. The molecule has 0 bridgehead atoms. The average molecular weight is 341 g/mol. The van der Waals surface area contributed by atoms with Gasteiger partial charge in [0.2, 0.25) is 0 Å². The van der Waals surface area contributed by atoms with Crippen molar-refractivity contribution in [3.8, 4) is 5.69 Å². The number of nitrogens with zero attached hydrogens (tertiary/aromatic N) is 3. The first-order chi connectivity index (χ1) is 12.1. The number of amides is 1. The van der Waals surface area contributed by atoms with Crippen molar-refractivity contribution < 1.29 is 19.4 Å². The summed E-state index contributed by atoms with van der Waals surface area (Å²) in [6, 6.07) is 9.74. The molecule has 25 heavy (non-hydrogen) atoms. The fourth-order valence-electron chi connectivity index (χ4n) is 3.20. The summed E-state index contributed by atoms with van der Waals surface area (Å²) >= 11 is 0. The van der Waals surface area contributed by atoms with Gasteiger partial charge in [0.1, 0.15) is 0 Å². The minimum absolute atomic E-state index is 0.0643. The van der Waals surface area contributed by atoms with E-state index >= 15 is 0 Å². The lowest BCUT2D eigenvalue weighted by Gasteiger charge is -2.30. The number of hydrogen-bond donors (Lipinski definition) is 1. The molecule has 1 saturated heterocycles. The molecule has 2 heterocycles. The van der Waals surface area contributed by atoms with Crippen LogP contribution in [0.3, 0.4) is 0 Å². The lowest BCUT2D eigenvalue weighted by Crippen LogP contribution is -2.48. The smallest absolute Gasteiger partial charge is 0.334 e. The van der Waals surface area contributed by atoms with Gasteiger partial charge in [0.25, 0.3) is 5.91 Å². The van der Waals surface area contributed by atoms with E-state index in [0.717, 1.165) is 24.2 Å². The topological polar surface area (TPSA) is 84.7 Å². The van der Waals surface area contributed by atoms with Crippen LogP contribution in [-0.4, -0.2) is 57.5 Å². The summed E-state index contributed by atoms with van der Waals surface area (Å²) in [6.07, 6.45) is 2.72. The highest BCUT2D eigenvalue weighted by atomic mass is 16.5. The van der Waals surface area contributed by atoms with Gasteiger partial charge in [0.05, 0.1) is 36.3 Å². The minimum atomic E-state index is -1.04. The molecular formula is C18H19N3O4. The Morgan fingerprint density at radius 3 is 2.64 bits per heavy atom. The predicted molar refractivity (Wildman–Crippen MR) is 88.8 cm³/mol. The lowest BCUT2D eigenvalue weighted by atomic mass is 10.1. The first kappa shape index (κ1) is 15.8. The van der Waals surface area contributed by atoms with Gasteiger partial charge >= 0.3 is 5.97 Å². The molecular weight excluding hydrogens is 322 g/mol. The normalized spacial score (nSPS) is 20.5. The van der Waals surface area contributed by atoms with Gasteiger partial charge in [-0.15, -0.1) is 0 Å². The third-order valence-electron chi connectivity index (χ3n) is 4.63. The number of carbonyl (C=O) groups is 2. The molecule has 7 nitrogen and oxygen atoms in total. The second-order valence-electron chi connectivity index (χ2n) is 6.41. The van der Waals surface area contributed by atoms with Crippen LogP contribution in [0.1, 0.15) is 34.8 Å². The van der Waals surface area contributed by atoms with Crippen LogP contribution in [-0.2, 0) is 9.53 Å². The number of carboxylic acid groups (broad SMARTS) is 1. The van der Waals surface area contributed by atoms with E-state index in [4.69, 9.17) is 9.84 Å². The molecule has 7 heteroatoms. The van der Waals surface area contributed by atoms with Crippen LogP contribution in [0.5, 0.6) is 0 Å². The van der Waals surface area contributed by atoms with Crippen LogP contribution in [0.15, 0.2) is 36.5 Å². The third-order valence-corrected chi connectivity index (χ3v) is 4.63. The van der Waals surface area contributed by atoms with Gasteiger partial charge < -0.3 is 14.7 Å². The van der Waals surface area contributed by atoms with Gasteiger partial charge in [-0.3, -0.25) is 4.79 Å². The molecule has 2 fully saturated rings. The van der Waals surface area contributed by atoms with Crippen molar-refractivity contribution in [3.63, 3.8) is 0 Å². The Labute approximate surface area is 144 Å². The highest BCUT2D eigenvalue weighted by Crippen LogP contribution is 2.42. The van der Waals surface area contributed by atoms with Crippen molar-refractivity contribution in [2.45, 2.75) is 24.9 Å². The van der Waals surface area contributed by atoms with Crippen LogP contribution in [0, 0.1) is 0 Å². The Morgan fingerprint density at radius 2 is 1.96 bits per heavy atom. The van der Waals surface area contributed by atoms with Crippen LogP contribution >= 0.6 is 0 Å². The largest absolute Gasteiger partial charge is 0.479 e. The fraction of sp³-hybridized carbons (Fsp3) is 0.389. The SMILES string of the molecule is O=C(O)[C@@H]1CN(C(=O)c2cnn(-c3ccccc3)c2C2CC2)CCO1. The maximum Gasteiger partial charge on any atom is 0.334 e. The summed E-state index contributed by atoms with van der Waals surface area (Å²) in [5.74, 6) is -0.878. The molecule has 1 aromatic carbocycles. The van der Waals surface area contributed by atoms with E-state index in [-0.39, 0.29) is 19.1 Å². The first-order valence-electron chi connectivity index (χ1n) is 8.42. The van der Waals surface area contributed by atoms with Crippen molar-refractivity contribution in [2.75, 3.05) is 19.7 Å². The summed E-state index contributed by atoms with van der Waals surface area (Å²) in [6.45, 7) is 0.687. The Bertz CT molecular complexity index is 798. The van der Waals surface area contributed by atoms with Crippen molar-refractivity contribution in [2.24, 2.45) is 0 Å². The summed E-state index contributed by atoms with van der Waals surface area (Å²) in [5.41, 5.74) is 2.42. The van der Waals surface area contributed by atoms with Gasteiger partial charge in [-0.1, -0.05) is 18.2 Å². The number of benzene rings is 1. The van der Waals surface area contributed by atoms with E-state index in [1.54, 1.807) is 11.1 Å². The van der Waals surface area contributed by atoms with Crippen molar-refractivity contribution in [3.05, 3.63) is 47.8 Å². The Morgan fingerprint density at radius 1 is 1.20 bits per heavy atom. The van der Waals surface area contributed by atoms with Crippen LogP contribution in [0.2, 0.25) is 0 Å². The number of carboxylic acids is 1. The standard InChI is InChI=1S/C18H19N3O4/c22-17(20-8-9-25-15(11-20)18(23)24)14-10-19-21(16(14)12-6-7-12)13-4-2-1-3-5-13/h1-5,10,12,15H,6-9,11H2,(H,23,24)/t15-/m0/s1. The molecule has 0 spiro atoms. The van der Waals surface area contributed by atoms with Gasteiger partial charge in [0.15, 0.2) is 6.10 Å². The zero-order valence-electron chi connectivity index (χ0n) is 13.7. The van der Waals surface area contributed by atoms with Crippen LogP contribution < -0.4 is 0 Å². The highest BCUT2D eigenvalue weighted by Gasteiger charge is 2.36.